The summed E-state index contributed by atoms with van der Waals surface area (Å²) >= 11 is 0. The Morgan fingerprint density at radius 1 is 0.864 bits per heavy atom. The molecule has 1 aliphatic carbocycles. The molecule has 0 saturated heterocycles. The number of pyridine rings is 1. The van der Waals surface area contributed by atoms with Crippen LogP contribution in [0.1, 0.15) is 28.8 Å². The summed E-state index contributed by atoms with van der Waals surface area (Å²) in [5.74, 6) is 0.242. The molecule has 0 fully saturated rings. The van der Waals surface area contributed by atoms with Gasteiger partial charge in [0.2, 0.25) is 0 Å². The molecule has 22 heavy (non-hydrogen) atoms. The summed E-state index contributed by atoms with van der Waals surface area (Å²) in [6, 6.07) is 14.1. The van der Waals surface area contributed by atoms with E-state index in [1.54, 1.807) is 12.4 Å². The Balaban J connectivity index is 1.97. The molecule has 3 nitrogen and oxygen atoms in total. The Morgan fingerprint density at radius 3 is 2.36 bits per heavy atom. The molecule has 0 spiro atoms. The highest BCUT2D eigenvalue weighted by atomic mass is 16.1. The Morgan fingerprint density at radius 2 is 1.59 bits per heavy atom. The molecule has 2 heterocycles. The Hall–Kier alpha value is -2.68. The zero-order valence-electron chi connectivity index (χ0n) is 12.2. The second-order valence-electron chi connectivity index (χ2n) is 5.61. The second-order valence-corrected chi connectivity index (χ2v) is 5.61. The maximum atomic E-state index is 12.5. The van der Waals surface area contributed by atoms with Crippen LogP contribution >= 0.6 is 0 Å². The molecule has 1 aromatic carbocycles. The topological polar surface area (TPSA) is 45.8 Å². The van der Waals surface area contributed by atoms with Crippen molar-refractivity contribution in [3.05, 3.63) is 66.0 Å². The fourth-order valence-electron chi connectivity index (χ4n) is 3.23. The Bertz CT molecular complexity index is 819. The molecular weight excluding hydrogens is 272 g/mol. The van der Waals surface area contributed by atoms with Crippen LogP contribution in [-0.4, -0.2) is 15.8 Å². The number of ketones is 1. The van der Waals surface area contributed by atoms with E-state index in [0.717, 1.165) is 46.5 Å². The first-order chi connectivity index (χ1) is 10.8. The van der Waals surface area contributed by atoms with Gasteiger partial charge < -0.3 is 4.98 Å². The molecule has 0 aliphatic heterocycles. The van der Waals surface area contributed by atoms with Gasteiger partial charge in [-0.25, -0.2) is 0 Å². The number of hydrogen-bond acceptors (Lipinski definition) is 2. The minimum atomic E-state index is 0.242. The van der Waals surface area contributed by atoms with Gasteiger partial charge in [-0.05, 0) is 36.1 Å². The number of nitrogens with zero attached hydrogens (tertiary/aromatic N) is 1. The summed E-state index contributed by atoms with van der Waals surface area (Å²) in [6.07, 6.45) is 6.04. The molecule has 0 atom stereocenters. The van der Waals surface area contributed by atoms with Gasteiger partial charge in [0.25, 0.3) is 0 Å². The number of nitrogens with one attached hydrogen (secondary N) is 1. The van der Waals surface area contributed by atoms with E-state index >= 15 is 0 Å². The third kappa shape index (κ3) is 2.06. The van der Waals surface area contributed by atoms with Gasteiger partial charge >= 0.3 is 0 Å². The molecule has 0 unspecified atom stereocenters. The molecule has 4 rings (SSSR count). The number of aromatic amines is 1. The number of hydrogen-bond donors (Lipinski definition) is 1. The third-order valence-electron chi connectivity index (χ3n) is 4.24. The number of Topliss-reactive ketones (excluding diaryl/α,β-unsaturated/α-hetero) is 1. The highest BCUT2D eigenvalue weighted by molar-refractivity contribution is 6.06. The normalized spacial score (nSPS) is 13.9. The molecule has 0 bridgehead atoms. The molecule has 1 aliphatic rings. The predicted molar refractivity (Wildman–Crippen MR) is 86.7 cm³/mol. The van der Waals surface area contributed by atoms with Crippen LogP contribution in [0, 0.1) is 0 Å². The SMILES string of the molecule is O=C1CCCc2c(-c3ccccc3)[nH]c(-c3ccncc3)c21. The summed E-state index contributed by atoms with van der Waals surface area (Å²) in [4.78, 5) is 20.1. The van der Waals surface area contributed by atoms with Crippen LogP contribution in [0.15, 0.2) is 54.9 Å². The maximum Gasteiger partial charge on any atom is 0.165 e. The number of H-pyrrole nitrogens is 1. The zero-order chi connectivity index (χ0) is 14.9. The van der Waals surface area contributed by atoms with Gasteiger partial charge in [0.1, 0.15) is 0 Å². The first kappa shape index (κ1) is 13.0. The summed E-state index contributed by atoms with van der Waals surface area (Å²) in [5, 5.41) is 0. The standard InChI is InChI=1S/C19H16N2O/c22-16-8-4-7-15-17(16)19(14-9-11-20-12-10-14)21-18(15)13-5-2-1-3-6-13/h1-3,5-6,9-12,21H,4,7-8H2. The molecule has 0 radical (unpaired) electrons. The average Bonchev–Trinajstić information content (AvgIpc) is 2.98. The molecule has 3 heteroatoms. The highest BCUT2D eigenvalue weighted by Crippen LogP contribution is 2.37. The van der Waals surface area contributed by atoms with Crippen molar-refractivity contribution < 1.29 is 4.79 Å². The van der Waals surface area contributed by atoms with Gasteiger partial charge in [0.05, 0.1) is 5.69 Å². The lowest BCUT2D eigenvalue weighted by Gasteiger charge is -2.13. The minimum absolute atomic E-state index is 0.242. The largest absolute Gasteiger partial charge is 0.354 e. The van der Waals surface area contributed by atoms with Gasteiger partial charge in [-0.15, -0.1) is 0 Å². The number of benzene rings is 1. The molecule has 1 N–H and O–H groups in total. The Labute approximate surface area is 129 Å². The van der Waals surface area contributed by atoms with E-state index < -0.39 is 0 Å². The van der Waals surface area contributed by atoms with Crippen molar-refractivity contribution >= 4 is 5.78 Å². The first-order valence-corrected chi connectivity index (χ1v) is 7.58. The maximum absolute atomic E-state index is 12.5. The zero-order valence-corrected chi connectivity index (χ0v) is 12.2. The van der Waals surface area contributed by atoms with E-state index in [2.05, 4.69) is 22.1 Å². The van der Waals surface area contributed by atoms with Crippen LogP contribution in [0.25, 0.3) is 22.5 Å². The van der Waals surface area contributed by atoms with Gasteiger partial charge in [-0.2, -0.15) is 0 Å². The van der Waals surface area contributed by atoms with Crippen molar-refractivity contribution in [2.75, 3.05) is 0 Å². The predicted octanol–water partition coefficient (Wildman–Crippen LogP) is 4.26. The summed E-state index contributed by atoms with van der Waals surface area (Å²) in [5.41, 5.74) is 6.19. The lowest BCUT2D eigenvalue weighted by atomic mass is 9.88. The Kier molecular flexibility index (Phi) is 3.11. The van der Waals surface area contributed by atoms with Crippen LogP contribution in [0.5, 0.6) is 0 Å². The van der Waals surface area contributed by atoms with Gasteiger partial charge in [0.15, 0.2) is 5.78 Å². The minimum Gasteiger partial charge on any atom is -0.354 e. The van der Waals surface area contributed by atoms with Crippen molar-refractivity contribution in [2.24, 2.45) is 0 Å². The molecule has 0 saturated carbocycles. The van der Waals surface area contributed by atoms with Crippen LogP contribution in [0.4, 0.5) is 0 Å². The summed E-state index contributed by atoms with van der Waals surface area (Å²) < 4.78 is 0. The van der Waals surface area contributed by atoms with Crippen LogP contribution in [0.3, 0.4) is 0 Å². The van der Waals surface area contributed by atoms with E-state index in [-0.39, 0.29) is 5.78 Å². The number of fused-ring (bicyclic) bond motifs is 1. The van der Waals surface area contributed by atoms with E-state index in [4.69, 9.17) is 0 Å². The smallest absolute Gasteiger partial charge is 0.165 e. The molecule has 2 aromatic heterocycles. The number of rotatable bonds is 2. The quantitative estimate of drug-likeness (QED) is 0.765. The molecule has 108 valence electrons. The van der Waals surface area contributed by atoms with Crippen LogP contribution < -0.4 is 0 Å². The average molecular weight is 288 g/mol. The van der Waals surface area contributed by atoms with E-state index in [0.29, 0.717) is 6.42 Å². The third-order valence-corrected chi connectivity index (χ3v) is 4.24. The molecule has 3 aromatic rings. The number of carbonyl (C=O) groups excluding carboxylic acids is 1. The first-order valence-electron chi connectivity index (χ1n) is 7.58. The van der Waals surface area contributed by atoms with Crippen LogP contribution in [0.2, 0.25) is 0 Å². The van der Waals surface area contributed by atoms with E-state index in [1.807, 2.05) is 30.3 Å². The van der Waals surface area contributed by atoms with Crippen molar-refractivity contribution in [1.29, 1.82) is 0 Å². The number of aromatic nitrogens is 2. The summed E-state index contributed by atoms with van der Waals surface area (Å²) in [7, 11) is 0. The summed E-state index contributed by atoms with van der Waals surface area (Å²) in [6.45, 7) is 0. The van der Waals surface area contributed by atoms with Crippen molar-refractivity contribution in [1.82, 2.24) is 9.97 Å². The van der Waals surface area contributed by atoms with Crippen molar-refractivity contribution in [3.8, 4) is 22.5 Å². The van der Waals surface area contributed by atoms with Crippen LogP contribution in [-0.2, 0) is 6.42 Å². The molecular formula is C19H16N2O. The van der Waals surface area contributed by atoms with Gasteiger partial charge in [-0.1, -0.05) is 30.3 Å². The highest BCUT2D eigenvalue weighted by Gasteiger charge is 2.27. The fourth-order valence-corrected chi connectivity index (χ4v) is 3.23. The number of carbonyl (C=O) groups is 1. The molecule has 0 amide bonds. The van der Waals surface area contributed by atoms with Gasteiger partial charge in [0, 0.05) is 35.6 Å². The van der Waals surface area contributed by atoms with E-state index in [1.165, 1.54) is 0 Å². The van der Waals surface area contributed by atoms with Crippen molar-refractivity contribution in [3.63, 3.8) is 0 Å². The van der Waals surface area contributed by atoms with E-state index in [9.17, 15) is 4.79 Å². The second kappa shape index (κ2) is 5.26. The monoisotopic (exact) mass is 288 g/mol. The van der Waals surface area contributed by atoms with Gasteiger partial charge in [-0.3, -0.25) is 9.78 Å². The fraction of sp³-hybridized carbons (Fsp3) is 0.158. The lowest BCUT2D eigenvalue weighted by Crippen LogP contribution is -2.10. The lowest BCUT2D eigenvalue weighted by molar-refractivity contribution is 0.0973. The van der Waals surface area contributed by atoms with Crippen molar-refractivity contribution in [2.45, 2.75) is 19.3 Å².